The van der Waals surface area contributed by atoms with E-state index < -0.39 is 42.3 Å². The molecule has 3 aromatic rings. The first-order valence-corrected chi connectivity index (χ1v) is 10.6. The van der Waals surface area contributed by atoms with Crippen LogP contribution in [-0.2, 0) is 16.2 Å². The number of alkyl halides is 5. The zero-order valence-electron chi connectivity index (χ0n) is 18.7. The molecule has 2 atom stereocenters. The van der Waals surface area contributed by atoms with E-state index in [1.54, 1.807) is 19.9 Å². The molecule has 1 unspecified atom stereocenters. The van der Waals surface area contributed by atoms with Crippen molar-refractivity contribution < 1.29 is 26.7 Å². The zero-order valence-corrected chi connectivity index (χ0v) is 18.7. The Morgan fingerprint density at radius 1 is 1.18 bits per heavy atom. The Balaban J connectivity index is 1.81. The third-order valence-electron chi connectivity index (χ3n) is 6.08. The minimum atomic E-state index is -4.72. The van der Waals surface area contributed by atoms with Crippen LogP contribution in [0, 0.1) is 6.92 Å². The van der Waals surface area contributed by atoms with Crippen molar-refractivity contribution in [2.75, 3.05) is 18.5 Å². The minimum Gasteiger partial charge on any atom is -0.379 e. The third-order valence-corrected chi connectivity index (χ3v) is 6.08. The lowest BCUT2D eigenvalue weighted by Gasteiger charge is -2.32. The van der Waals surface area contributed by atoms with Crippen molar-refractivity contribution >= 4 is 16.7 Å². The van der Waals surface area contributed by atoms with E-state index in [2.05, 4.69) is 15.3 Å². The molecule has 1 aliphatic heterocycles. The molecule has 11 heteroatoms. The largest absolute Gasteiger partial charge is 0.414 e. The topological polar surface area (TPSA) is 69.0 Å². The van der Waals surface area contributed by atoms with Gasteiger partial charge in [-0.1, -0.05) is 18.2 Å². The third kappa shape index (κ3) is 4.24. The number of aromatic nitrogens is 3. The first-order chi connectivity index (χ1) is 15.8. The Hall–Kier alpha value is -3.08. The van der Waals surface area contributed by atoms with Crippen molar-refractivity contribution in [2.45, 2.75) is 50.9 Å². The summed E-state index contributed by atoms with van der Waals surface area (Å²) in [5, 5.41) is 3.28. The maximum Gasteiger partial charge on any atom is 0.414 e. The highest BCUT2D eigenvalue weighted by Crippen LogP contribution is 2.43. The molecule has 0 saturated carbocycles. The molecule has 34 heavy (non-hydrogen) atoms. The van der Waals surface area contributed by atoms with Gasteiger partial charge in [0.05, 0.1) is 17.5 Å². The standard InChI is InChI=1S/C23H23F5N4O2/c1-13(15-5-4-6-16(9-15)21(3,24)25)29-20-17-11-32(19(33)10-18(17)30-14(2)31-20)22(23(26,27)28)7-8-34-12-22/h4-6,9-11,13H,7-8,12H2,1-3H3,(H,29,30,31)/t13-,22?/m1/s1. The van der Waals surface area contributed by atoms with Crippen LogP contribution in [0.15, 0.2) is 41.3 Å². The number of aryl methyl sites for hydroxylation is 1. The van der Waals surface area contributed by atoms with Crippen LogP contribution in [0.2, 0.25) is 0 Å². The number of hydrogen-bond acceptors (Lipinski definition) is 5. The molecule has 1 fully saturated rings. The summed E-state index contributed by atoms with van der Waals surface area (Å²) in [6.45, 7) is 3.30. The monoisotopic (exact) mass is 482 g/mol. The molecular formula is C23H23F5N4O2. The van der Waals surface area contributed by atoms with Gasteiger partial charge in [0.15, 0.2) is 5.54 Å². The number of pyridine rings is 1. The Bertz CT molecular complexity index is 1280. The van der Waals surface area contributed by atoms with E-state index in [0.717, 1.165) is 19.2 Å². The van der Waals surface area contributed by atoms with E-state index in [4.69, 9.17) is 4.74 Å². The molecule has 0 bridgehead atoms. The Kier molecular flexibility index (Phi) is 5.87. The quantitative estimate of drug-likeness (QED) is 0.515. The molecule has 0 aliphatic carbocycles. The smallest absolute Gasteiger partial charge is 0.379 e. The lowest BCUT2D eigenvalue weighted by molar-refractivity contribution is -0.214. The number of fused-ring (bicyclic) bond motifs is 1. The molecule has 6 nitrogen and oxygen atoms in total. The fourth-order valence-electron chi connectivity index (χ4n) is 4.14. The molecule has 0 radical (unpaired) electrons. The van der Waals surface area contributed by atoms with Gasteiger partial charge in [-0.3, -0.25) is 9.36 Å². The van der Waals surface area contributed by atoms with Crippen molar-refractivity contribution in [3.63, 3.8) is 0 Å². The molecule has 2 aromatic heterocycles. The van der Waals surface area contributed by atoms with Gasteiger partial charge in [0, 0.05) is 43.8 Å². The lowest BCUT2D eigenvalue weighted by Crippen LogP contribution is -2.52. The Morgan fingerprint density at radius 2 is 1.91 bits per heavy atom. The first-order valence-electron chi connectivity index (χ1n) is 10.6. The van der Waals surface area contributed by atoms with E-state index >= 15 is 0 Å². The maximum atomic E-state index is 14.1. The predicted molar refractivity (Wildman–Crippen MR) is 116 cm³/mol. The maximum absolute atomic E-state index is 14.1. The number of rotatable bonds is 5. The summed E-state index contributed by atoms with van der Waals surface area (Å²) in [6.07, 6.45) is -4.02. The van der Waals surface area contributed by atoms with Gasteiger partial charge in [-0.05, 0) is 25.5 Å². The number of nitrogens with one attached hydrogen (secondary N) is 1. The molecule has 1 aliphatic rings. The highest BCUT2D eigenvalue weighted by Gasteiger charge is 2.59. The van der Waals surface area contributed by atoms with Gasteiger partial charge in [-0.2, -0.15) is 13.2 Å². The second-order valence-electron chi connectivity index (χ2n) is 8.61. The van der Waals surface area contributed by atoms with Crippen LogP contribution in [0.4, 0.5) is 27.8 Å². The number of ether oxygens (including phenoxy) is 1. The number of hydrogen-bond donors (Lipinski definition) is 1. The van der Waals surface area contributed by atoms with Crippen molar-refractivity contribution in [3.8, 4) is 0 Å². The highest BCUT2D eigenvalue weighted by atomic mass is 19.4. The summed E-state index contributed by atoms with van der Waals surface area (Å²) in [7, 11) is 0. The van der Waals surface area contributed by atoms with Crippen LogP contribution in [0.1, 0.15) is 43.3 Å². The fourth-order valence-corrected chi connectivity index (χ4v) is 4.14. The zero-order chi connectivity index (χ0) is 24.9. The van der Waals surface area contributed by atoms with E-state index in [-0.39, 0.29) is 28.9 Å². The van der Waals surface area contributed by atoms with Gasteiger partial charge in [0.1, 0.15) is 11.6 Å². The molecule has 0 spiro atoms. The normalized spacial score (nSPS) is 20.0. The predicted octanol–water partition coefficient (Wildman–Crippen LogP) is 5.06. The summed E-state index contributed by atoms with van der Waals surface area (Å²) in [5.74, 6) is -2.55. The fraction of sp³-hybridized carbons (Fsp3) is 0.435. The van der Waals surface area contributed by atoms with Crippen LogP contribution < -0.4 is 10.9 Å². The van der Waals surface area contributed by atoms with Gasteiger partial charge in [-0.15, -0.1) is 0 Å². The molecule has 4 rings (SSSR count). The van der Waals surface area contributed by atoms with E-state index in [0.29, 0.717) is 16.0 Å². The lowest BCUT2D eigenvalue weighted by atomic mass is 9.97. The second kappa shape index (κ2) is 8.30. The van der Waals surface area contributed by atoms with Crippen LogP contribution in [0.5, 0.6) is 0 Å². The van der Waals surface area contributed by atoms with Crippen LogP contribution in [0.3, 0.4) is 0 Å². The van der Waals surface area contributed by atoms with Gasteiger partial charge in [0.25, 0.3) is 11.5 Å². The van der Waals surface area contributed by atoms with Crippen molar-refractivity contribution in [1.29, 1.82) is 0 Å². The van der Waals surface area contributed by atoms with E-state index in [9.17, 15) is 26.7 Å². The second-order valence-corrected chi connectivity index (χ2v) is 8.61. The Labute approximate surface area is 191 Å². The molecule has 1 aromatic carbocycles. The van der Waals surface area contributed by atoms with E-state index in [1.807, 2.05) is 0 Å². The number of benzene rings is 1. The van der Waals surface area contributed by atoms with Crippen LogP contribution in [0.25, 0.3) is 10.9 Å². The first kappa shape index (κ1) is 24.1. The molecular weight excluding hydrogens is 459 g/mol. The SMILES string of the molecule is Cc1nc(N[C@H](C)c2cccc(C(C)(F)F)c2)c2cn(C3(C(F)(F)F)CCOC3)c(=O)cc2n1. The molecule has 1 N–H and O–H groups in total. The number of nitrogens with zero attached hydrogens (tertiary/aromatic N) is 3. The van der Waals surface area contributed by atoms with Gasteiger partial charge >= 0.3 is 6.18 Å². The molecule has 3 heterocycles. The Morgan fingerprint density at radius 3 is 2.53 bits per heavy atom. The molecule has 1 saturated heterocycles. The molecule has 0 amide bonds. The van der Waals surface area contributed by atoms with Crippen LogP contribution >= 0.6 is 0 Å². The minimum absolute atomic E-state index is 0.130. The summed E-state index contributed by atoms with van der Waals surface area (Å²) < 4.78 is 75.4. The van der Waals surface area contributed by atoms with Gasteiger partial charge in [-0.25, -0.2) is 18.7 Å². The van der Waals surface area contributed by atoms with Crippen molar-refractivity contribution in [2.24, 2.45) is 0 Å². The summed E-state index contributed by atoms with van der Waals surface area (Å²) >= 11 is 0. The highest BCUT2D eigenvalue weighted by molar-refractivity contribution is 5.88. The summed E-state index contributed by atoms with van der Waals surface area (Å²) in [6, 6.07) is 6.37. The number of anilines is 1. The average Bonchev–Trinajstić information content (AvgIpc) is 3.24. The average molecular weight is 482 g/mol. The summed E-state index contributed by atoms with van der Waals surface area (Å²) in [5.41, 5.74) is -2.80. The van der Waals surface area contributed by atoms with Gasteiger partial charge < -0.3 is 10.1 Å². The molecule has 182 valence electrons. The number of halogens is 5. The van der Waals surface area contributed by atoms with Gasteiger partial charge in [0.2, 0.25) is 0 Å². The van der Waals surface area contributed by atoms with Crippen molar-refractivity contribution in [1.82, 2.24) is 14.5 Å². The van der Waals surface area contributed by atoms with Crippen LogP contribution in [-0.4, -0.2) is 33.9 Å². The van der Waals surface area contributed by atoms with Crippen molar-refractivity contribution in [3.05, 3.63) is 63.8 Å². The van der Waals surface area contributed by atoms with E-state index in [1.165, 1.54) is 18.2 Å². The summed E-state index contributed by atoms with van der Waals surface area (Å²) in [4.78, 5) is 21.2.